The highest BCUT2D eigenvalue weighted by Gasteiger charge is 2.26. The molecule has 1 aliphatic heterocycles. The standard InChI is InChI=1S/C14H18INO2/c1-14(2,3)6-7-16-11-8-10(15)4-5-12(11)18-9-13(16)17/h4-5,8H,6-7,9H2,1-3H3. The summed E-state index contributed by atoms with van der Waals surface area (Å²) in [5.74, 6) is 0.859. The number of halogens is 1. The smallest absolute Gasteiger partial charge is 0.265 e. The lowest BCUT2D eigenvalue weighted by Crippen LogP contribution is -2.40. The monoisotopic (exact) mass is 359 g/mol. The van der Waals surface area contributed by atoms with Crippen LogP contribution in [0.1, 0.15) is 27.2 Å². The number of carbonyl (C=O) groups excluding carboxylic acids is 1. The summed E-state index contributed by atoms with van der Waals surface area (Å²) in [5.41, 5.74) is 1.13. The van der Waals surface area contributed by atoms with Gasteiger partial charge in [0.05, 0.1) is 5.69 Å². The van der Waals surface area contributed by atoms with Crippen LogP contribution in [-0.2, 0) is 4.79 Å². The van der Waals surface area contributed by atoms with E-state index in [-0.39, 0.29) is 17.9 Å². The number of rotatable bonds is 2. The van der Waals surface area contributed by atoms with E-state index in [0.717, 1.165) is 28.0 Å². The molecule has 0 saturated heterocycles. The minimum absolute atomic E-state index is 0.0498. The summed E-state index contributed by atoms with van der Waals surface area (Å²) in [6.07, 6.45) is 0.976. The molecule has 1 aliphatic rings. The zero-order valence-corrected chi connectivity index (χ0v) is 13.2. The van der Waals surface area contributed by atoms with Crippen molar-refractivity contribution in [2.24, 2.45) is 5.41 Å². The lowest BCUT2D eigenvalue weighted by atomic mass is 9.92. The third kappa shape index (κ3) is 3.16. The number of nitrogens with zero attached hydrogens (tertiary/aromatic N) is 1. The van der Waals surface area contributed by atoms with E-state index in [1.807, 2.05) is 23.1 Å². The van der Waals surface area contributed by atoms with Crippen LogP contribution in [0.4, 0.5) is 5.69 Å². The second-order valence-electron chi connectivity index (χ2n) is 5.76. The van der Waals surface area contributed by atoms with Crippen LogP contribution in [0.5, 0.6) is 5.75 Å². The van der Waals surface area contributed by atoms with Crippen molar-refractivity contribution in [2.75, 3.05) is 18.1 Å². The van der Waals surface area contributed by atoms with Crippen molar-refractivity contribution in [1.29, 1.82) is 0 Å². The SMILES string of the molecule is CC(C)(C)CCN1C(=O)COc2ccc(I)cc21. The van der Waals surface area contributed by atoms with Gasteiger partial charge in [0.25, 0.3) is 5.91 Å². The van der Waals surface area contributed by atoms with Gasteiger partial charge in [0, 0.05) is 10.1 Å². The van der Waals surface area contributed by atoms with Gasteiger partial charge < -0.3 is 9.64 Å². The van der Waals surface area contributed by atoms with Gasteiger partial charge in [-0.05, 0) is 52.6 Å². The fraction of sp³-hybridized carbons (Fsp3) is 0.500. The predicted octanol–water partition coefficient (Wildman–Crippen LogP) is 3.45. The first-order valence-electron chi connectivity index (χ1n) is 6.09. The summed E-state index contributed by atoms with van der Waals surface area (Å²) in [6.45, 7) is 7.46. The number of amides is 1. The molecule has 0 spiro atoms. The molecule has 2 rings (SSSR count). The first-order valence-corrected chi connectivity index (χ1v) is 7.17. The number of benzene rings is 1. The van der Waals surface area contributed by atoms with E-state index in [1.165, 1.54) is 0 Å². The summed E-state index contributed by atoms with van der Waals surface area (Å²) >= 11 is 2.25. The van der Waals surface area contributed by atoms with Crippen LogP contribution in [-0.4, -0.2) is 19.1 Å². The molecule has 1 aromatic rings. The molecule has 3 nitrogen and oxygen atoms in total. The summed E-state index contributed by atoms with van der Waals surface area (Å²) < 4.78 is 6.57. The van der Waals surface area contributed by atoms with Gasteiger partial charge in [-0.15, -0.1) is 0 Å². The quantitative estimate of drug-likeness (QED) is 0.757. The average Bonchev–Trinajstić information content (AvgIpc) is 2.26. The van der Waals surface area contributed by atoms with E-state index >= 15 is 0 Å². The topological polar surface area (TPSA) is 29.5 Å². The van der Waals surface area contributed by atoms with Crippen LogP contribution in [0.25, 0.3) is 0 Å². The molecule has 0 unspecified atom stereocenters. The summed E-state index contributed by atoms with van der Waals surface area (Å²) in [7, 11) is 0. The second-order valence-corrected chi connectivity index (χ2v) is 7.00. The Hall–Kier alpha value is -0.780. The van der Waals surface area contributed by atoms with Gasteiger partial charge in [-0.3, -0.25) is 4.79 Å². The van der Waals surface area contributed by atoms with Crippen molar-refractivity contribution in [1.82, 2.24) is 0 Å². The van der Waals surface area contributed by atoms with Crippen LogP contribution in [0, 0.1) is 8.99 Å². The average molecular weight is 359 g/mol. The van der Waals surface area contributed by atoms with Crippen molar-refractivity contribution >= 4 is 34.2 Å². The lowest BCUT2D eigenvalue weighted by Gasteiger charge is -2.31. The van der Waals surface area contributed by atoms with E-state index in [2.05, 4.69) is 43.4 Å². The van der Waals surface area contributed by atoms with Crippen molar-refractivity contribution in [3.63, 3.8) is 0 Å². The minimum atomic E-state index is 0.0498. The Balaban J connectivity index is 2.24. The van der Waals surface area contributed by atoms with Crippen LogP contribution in [0.3, 0.4) is 0 Å². The second kappa shape index (κ2) is 5.07. The van der Waals surface area contributed by atoms with Gasteiger partial charge in [-0.1, -0.05) is 20.8 Å². The van der Waals surface area contributed by atoms with E-state index in [9.17, 15) is 4.79 Å². The first-order chi connectivity index (χ1) is 8.37. The van der Waals surface area contributed by atoms with Crippen molar-refractivity contribution in [3.8, 4) is 5.75 Å². The molecule has 1 amide bonds. The van der Waals surface area contributed by atoms with Gasteiger partial charge in [0.1, 0.15) is 5.75 Å². The molecule has 0 N–H and O–H groups in total. The maximum atomic E-state index is 12.0. The molecule has 1 aromatic carbocycles. The fourth-order valence-corrected chi connectivity index (χ4v) is 2.34. The van der Waals surface area contributed by atoms with E-state index in [1.54, 1.807) is 0 Å². The number of fused-ring (bicyclic) bond motifs is 1. The van der Waals surface area contributed by atoms with Crippen LogP contribution < -0.4 is 9.64 Å². The Kier molecular flexibility index (Phi) is 3.84. The summed E-state index contributed by atoms with van der Waals surface area (Å²) in [6, 6.07) is 5.94. The molecule has 0 aliphatic carbocycles. The number of hydrogen-bond acceptors (Lipinski definition) is 2. The number of ether oxygens (including phenoxy) is 1. The van der Waals surface area contributed by atoms with Crippen LogP contribution in [0.15, 0.2) is 18.2 Å². The lowest BCUT2D eigenvalue weighted by molar-refractivity contribution is -0.121. The van der Waals surface area contributed by atoms with Crippen molar-refractivity contribution in [3.05, 3.63) is 21.8 Å². The highest BCUT2D eigenvalue weighted by molar-refractivity contribution is 14.1. The Bertz CT molecular complexity index is 465. The Morgan fingerprint density at radius 3 is 2.78 bits per heavy atom. The zero-order chi connectivity index (χ0) is 13.3. The number of hydrogen-bond donors (Lipinski definition) is 0. The molecule has 98 valence electrons. The maximum absolute atomic E-state index is 12.0. The first kappa shape index (κ1) is 13.6. The zero-order valence-electron chi connectivity index (χ0n) is 11.0. The molecule has 0 aromatic heterocycles. The molecular weight excluding hydrogens is 341 g/mol. The molecule has 0 atom stereocenters. The molecule has 18 heavy (non-hydrogen) atoms. The Labute approximate surface area is 122 Å². The fourth-order valence-electron chi connectivity index (χ4n) is 1.87. The normalized spacial score (nSPS) is 15.3. The number of carbonyl (C=O) groups is 1. The molecule has 0 bridgehead atoms. The summed E-state index contributed by atoms with van der Waals surface area (Å²) in [5, 5.41) is 0. The van der Waals surface area contributed by atoms with Crippen molar-refractivity contribution in [2.45, 2.75) is 27.2 Å². The number of anilines is 1. The molecule has 0 fully saturated rings. The van der Waals surface area contributed by atoms with Crippen molar-refractivity contribution < 1.29 is 9.53 Å². The highest BCUT2D eigenvalue weighted by Crippen LogP contribution is 2.34. The highest BCUT2D eigenvalue weighted by atomic mass is 127. The third-order valence-electron chi connectivity index (χ3n) is 2.95. The maximum Gasteiger partial charge on any atom is 0.265 e. The molecular formula is C14H18INO2. The predicted molar refractivity (Wildman–Crippen MR) is 81.1 cm³/mol. The third-order valence-corrected chi connectivity index (χ3v) is 3.62. The largest absolute Gasteiger partial charge is 0.482 e. The minimum Gasteiger partial charge on any atom is -0.482 e. The summed E-state index contributed by atoms with van der Waals surface area (Å²) in [4.78, 5) is 13.8. The molecule has 4 heteroatoms. The van der Waals surface area contributed by atoms with E-state index in [0.29, 0.717) is 0 Å². The Morgan fingerprint density at radius 1 is 1.39 bits per heavy atom. The van der Waals surface area contributed by atoms with Crippen LogP contribution in [0.2, 0.25) is 0 Å². The molecule has 0 radical (unpaired) electrons. The van der Waals surface area contributed by atoms with Gasteiger partial charge in [0.2, 0.25) is 0 Å². The van der Waals surface area contributed by atoms with Crippen LogP contribution >= 0.6 is 22.6 Å². The van der Waals surface area contributed by atoms with Gasteiger partial charge >= 0.3 is 0 Å². The van der Waals surface area contributed by atoms with Gasteiger partial charge in [-0.2, -0.15) is 0 Å². The van der Waals surface area contributed by atoms with Gasteiger partial charge in [0.15, 0.2) is 6.61 Å². The van der Waals surface area contributed by atoms with Gasteiger partial charge in [-0.25, -0.2) is 0 Å². The van der Waals surface area contributed by atoms with E-state index in [4.69, 9.17) is 4.74 Å². The molecule has 0 saturated carbocycles. The Morgan fingerprint density at radius 2 is 2.11 bits per heavy atom. The molecule has 1 heterocycles. The van der Waals surface area contributed by atoms with E-state index < -0.39 is 0 Å².